The topological polar surface area (TPSA) is 107 Å². The van der Waals surface area contributed by atoms with Crippen LogP contribution in [0.3, 0.4) is 0 Å². The van der Waals surface area contributed by atoms with E-state index in [0.29, 0.717) is 6.42 Å². The molecule has 102 valence electrons. The van der Waals surface area contributed by atoms with Gasteiger partial charge in [0.1, 0.15) is 6.07 Å². The van der Waals surface area contributed by atoms with Gasteiger partial charge in [0.15, 0.2) is 0 Å². The van der Waals surface area contributed by atoms with E-state index in [2.05, 4.69) is 4.72 Å². The summed E-state index contributed by atoms with van der Waals surface area (Å²) in [5.74, 6) is -1.84. The number of rotatable bonds is 6. The van der Waals surface area contributed by atoms with E-state index in [1.807, 2.05) is 0 Å². The molecular formula is C12H14N2O4S. The SMILES string of the molecule is CCC(CNS(=O)(=O)c1ccccc1C#N)C(=O)O. The molecule has 0 fully saturated rings. The molecule has 1 unspecified atom stereocenters. The number of hydrogen-bond acceptors (Lipinski definition) is 4. The molecule has 7 heteroatoms. The first-order valence-electron chi connectivity index (χ1n) is 5.64. The van der Waals surface area contributed by atoms with Crippen LogP contribution < -0.4 is 4.72 Å². The number of carboxylic acids is 1. The Morgan fingerprint density at radius 2 is 2.11 bits per heavy atom. The summed E-state index contributed by atoms with van der Waals surface area (Å²) in [6.45, 7) is 1.46. The summed E-state index contributed by atoms with van der Waals surface area (Å²) in [4.78, 5) is 10.7. The molecular weight excluding hydrogens is 268 g/mol. The molecule has 0 heterocycles. The van der Waals surface area contributed by atoms with Crippen LogP contribution in [0, 0.1) is 17.2 Å². The monoisotopic (exact) mass is 282 g/mol. The lowest BCUT2D eigenvalue weighted by molar-refractivity contribution is -0.141. The molecule has 6 nitrogen and oxygen atoms in total. The van der Waals surface area contributed by atoms with Gasteiger partial charge in [-0.1, -0.05) is 19.1 Å². The van der Waals surface area contributed by atoms with Gasteiger partial charge >= 0.3 is 5.97 Å². The Hall–Kier alpha value is -1.91. The Bertz CT molecular complexity index is 604. The standard InChI is InChI=1S/C12H14N2O4S/c1-2-9(12(15)16)8-14-19(17,18)11-6-4-3-5-10(11)7-13/h3-6,9,14H,2,8H2,1H3,(H,15,16). The summed E-state index contributed by atoms with van der Waals surface area (Å²) < 4.78 is 26.2. The first-order chi connectivity index (χ1) is 8.92. The number of nitrogens with one attached hydrogen (secondary N) is 1. The van der Waals surface area contributed by atoms with Crippen molar-refractivity contribution in [1.29, 1.82) is 5.26 Å². The van der Waals surface area contributed by atoms with Gasteiger partial charge in [-0.05, 0) is 18.6 Å². The molecule has 0 spiro atoms. The smallest absolute Gasteiger partial charge is 0.307 e. The van der Waals surface area contributed by atoms with Crippen LogP contribution in [0.2, 0.25) is 0 Å². The molecule has 19 heavy (non-hydrogen) atoms. The molecule has 1 rings (SSSR count). The van der Waals surface area contributed by atoms with Gasteiger partial charge in [0.25, 0.3) is 0 Å². The second kappa shape index (κ2) is 6.31. The van der Waals surface area contributed by atoms with E-state index in [0.717, 1.165) is 0 Å². The van der Waals surface area contributed by atoms with E-state index in [1.54, 1.807) is 19.1 Å². The van der Waals surface area contributed by atoms with Crippen molar-refractivity contribution in [3.63, 3.8) is 0 Å². The van der Waals surface area contributed by atoms with E-state index in [1.165, 1.54) is 18.2 Å². The molecule has 2 N–H and O–H groups in total. The third-order valence-corrected chi connectivity index (χ3v) is 4.14. The molecule has 0 aliphatic rings. The van der Waals surface area contributed by atoms with Crippen LogP contribution in [-0.2, 0) is 14.8 Å². The maximum atomic E-state index is 12.0. The highest BCUT2D eigenvalue weighted by Crippen LogP contribution is 2.14. The summed E-state index contributed by atoms with van der Waals surface area (Å²) in [6.07, 6.45) is 0.317. The van der Waals surface area contributed by atoms with Crippen molar-refractivity contribution in [1.82, 2.24) is 4.72 Å². The van der Waals surface area contributed by atoms with Crippen LogP contribution in [-0.4, -0.2) is 26.0 Å². The highest BCUT2D eigenvalue weighted by molar-refractivity contribution is 7.89. The van der Waals surface area contributed by atoms with Crippen molar-refractivity contribution >= 4 is 16.0 Å². The third-order valence-electron chi connectivity index (χ3n) is 2.66. The summed E-state index contributed by atoms with van der Waals surface area (Å²) in [5.41, 5.74) is 0.0263. The van der Waals surface area contributed by atoms with Crippen LogP contribution >= 0.6 is 0 Å². The van der Waals surface area contributed by atoms with Gasteiger partial charge in [0.05, 0.1) is 16.4 Å². The van der Waals surface area contributed by atoms with Gasteiger partial charge < -0.3 is 5.11 Å². The number of nitrogens with zero attached hydrogens (tertiary/aromatic N) is 1. The van der Waals surface area contributed by atoms with Crippen LogP contribution in [0.5, 0.6) is 0 Å². The number of nitriles is 1. The molecule has 0 radical (unpaired) electrons. The summed E-state index contributed by atoms with van der Waals surface area (Å²) >= 11 is 0. The summed E-state index contributed by atoms with van der Waals surface area (Å²) in [5, 5.41) is 17.7. The van der Waals surface area contributed by atoms with Crippen molar-refractivity contribution < 1.29 is 18.3 Å². The van der Waals surface area contributed by atoms with Gasteiger partial charge in [0.2, 0.25) is 10.0 Å². The molecule has 1 aromatic rings. The molecule has 1 atom stereocenters. The van der Waals surface area contributed by atoms with Crippen molar-refractivity contribution in [3.05, 3.63) is 29.8 Å². The number of carbonyl (C=O) groups is 1. The minimum absolute atomic E-state index is 0.0263. The Morgan fingerprint density at radius 1 is 1.47 bits per heavy atom. The molecule has 0 bridgehead atoms. The predicted octanol–water partition coefficient (Wildman–Crippen LogP) is 0.947. The van der Waals surface area contributed by atoms with Crippen molar-refractivity contribution in [3.8, 4) is 6.07 Å². The number of carboxylic acid groups (broad SMARTS) is 1. The first-order valence-corrected chi connectivity index (χ1v) is 7.12. The molecule has 0 aliphatic carbocycles. The molecule has 0 aliphatic heterocycles. The van der Waals surface area contributed by atoms with Gasteiger partial charge in [-0.25, -0.2) is 13.1 Å². The highest BCUT2D eigenvalue weighted by Gasteiger charge is 2.22. The van der Waals surface area contributed by atoms with Crippen molar-refractivity contribution in [2.75, 3.05) is 6.54 Å². The van der Waals surface area contributed by atoms with Crippen LogP contribution in [0.15, 0.2) is 29.2 Å². The number of sulfonamides is 1. The Labute approximate surface area is 111 Å². The van der Waals surface area contributed by atoms with Crippen molar-refractivity contribution in [2.24, 2.45) is 5.92 Å². The fourth-order valence-electron chi connectivity index (χ4n) is 1.49. The molecule has 1 aromatic carbocycles. The number of benzene rings is 1. The molecule has 0 saturated heterocycles. The highest BCUT2D eigenvalue weighted by atomic mass is 32.2. The van der Waals surface area contributed by atoms with Gasteiger partial charge in [-0.2, -0.15) is 5.26 Å². The largest absolute Gasteiger partial charge is 0.481 e. The zero-order valence-electron chi connectivity index (χ0n) is 10.3. The van der Waals surface area contributed by atoms with Crippen LogP contribution in [0.4, 0.5) is 0 Å². The molecule has 0 amide bonds. The normalized spacial score (nSPS) is 12.6. The van der Waals surface area contributed by atoms with Crippen molar-refractivity contribution in [2.45, 2.75) is 18.2 Å². The zero-order chi connectivity index (χ0) is 14.5. The second-order valence-electron chi connectivity index (χ2n) is 3.90. The van der Waals surface area contributed by atoms with Crippen LogP contribution in [0.25, 0.3) is 0 Å². The maximum Gasteiger partial charge on any atom is 0.307 e. The quantitative estimate of drug-likeness (QED) is 0.807. The predicted molar refractivity (Wildman–Crippen MR) is 67.8 cm³/mol. The van der Waals surface area contributed by atoms with Gasteiger partial charge in [0, 0.05) is 6.54 Å². The molecule has 0 saturated carbocycles. The Balaban J connectivity index is 2.94. The summed E-state index contributed by atoms with van der Waals surface area (Å²) in [7, 11) is -3.88. The molecule has 0 aromatic heterocycles. The Morgan fingerprint density at radius 3 is 2.63 bits per heavy atom. The third kappa shape index (κ3) is 3.77. The minimum Gasteiger partial charge on any atom is -0.481 e. The fourth-order valence-corrected chi connectivity index (χ4v) is 2.72. The lowest BCUT2D eigenvalue weighted by Gasteiger charge is -2.12. The summed E-state index contributed by atoms with van der Waals surface area (Å²) in [6, 6.07) is 7.55. The van der Waals surface area contributed by atoms with E-state index >= 15 is 0 Å². The number of hydrogen-bond donors (Lipinski definition) is 2. The van der Waals surface area contributed by atoms with E-state index in [-0.39, 0.29) is 17.0 Å². The lowest BCUT2D eigenvalue weighted by Crippen LogP contribution is -2.33. The lowest BCUT2D eigenvalue weighted by atomic mass is 10.1. The average molecular weight is 282 g/mol. The van der Waals surface area contributed by atoms with E-state index < -0.39 is 21.9 Å². The van der Waals surface area contributed by atoms with E-state index in [4.69, 9.17) is 10.4 Å². The first kappa shape index (κ1) is 15.1. The maximum absolute atomic E-state index is 12.0. The zero-order valence-corrected chi connectivity index (χ0v) is 11.1. The van der Waals surface area contributed by atoms with E-state index in [9.17, 15) is 13.2 Å². The Kier molecular flexibility index (Phi) is 5.03. The minimum atomic E-state index is -3.88. The second-order valence-corrected chi connectivity index (χ2v) is 5.64. The van der Waals surface area contributed by atoms with Gasteiger partial charge in [-0.3, -0.25) is 4.79 Å². The number of aliphatic carboxylic acids is 1. The van der Waals surface area contributed by atoms with Crippen LogP contribution in [0.1, 0.15) is 18.9 Å². The fraction of sp³-hybridized carbons (Fsp3) is 0.333. The average Bonchev–Trinajstić information content (AvgIpc) is 2.38. The van der Waals surface area contributed by atoms with Gasteiger partial charge in [-0.15, -0.1) is 0 Å².